The standard InChI is InChI=1S/C13H22BrNOS/c1-9(15)12(10-5-6-11(14)17-10)16-8-7-13(2,3)4/h5-6,9,12H,7-8,15H2,1-4H3. The summed E-state index contributed by atoms with van der Waals surface area (Å²) in [6.45, 7) is 9.41. The Morgan fingerprint density at radius 3 is 2.47 bits per heavy atom. The average Bonchev–Trinajstić information content (AvgIpc) is 2.57. The molecule has 0 fully saturated rings. The first-order valence-corrected chi connectivity index (χ1v) is 7.53. The maximum atomic E-state index is 5.99. The van der Waals surface area contributed by atoms with Gasteiger partial charge in [0.15, 0.2) is 0 Å². The first kappa shape index (κ1) is 15.2. The Morgan fingerprint density at radius 2 is 2.06 bits per heavy atom. The van der Waals surface area contributed by atoms with Crippen molar-refractivity contribution in [2.45, 2.75) is 46.3 Å². The van der Waals surface area contributed by atoms with E-state index in [2.05, 4.69) is 42.8 Å². The normalized spacial score (nSPS) is 15.9. The summed E-state index contributed by atoms with van der Waals surface area (Å²) < 4.78 is 7.07. The van der Waals surface area contributed by atoms with Crippen molar-refractivity contribution >= 4 is 27.3 Å². The fraction of sp³-hybridized carbons (Fsp3) is 0.692. The van der Waals surface area contributed by atoms with Crippen LogP contribution in [0.15, 0.2) is 15.9 Å². The van der Waals surface area contributed by atoms with Gasteiger partial charge < -0.3 is 10.5 Å². The van der Waals surface area contributed by atoms with Crippen LogP contribution in [0, 0.1) is 5.41 Å². The lowest BCUT2D eigenvalue weighted by Gasteiger charge is -2.23. The molecule has 2 N–H and O–H groups in total. The van der Waals surface area contributed by atoms with E-state index >= 15 is 0 Å². The molecule has 2 unspecified atom stereocenters. The van der Waals surface area contributed by atoms with Gasteiger partial charge in [-0.1, -0.05) is 20.8 Å². The van der Waals surface area contributed by atoms with Gasteiger partial charge in [0.25, 0.3) is 0 Å². The molecular weight excluding hydrogens is 298 g/mol. The highest BCUT2D eigenvalue weighted by atomic mass is 79.9. The zero-order valence-corrected chi connectivity index (χ0v) is 13.4. The maximum absolute atomic E-state index is 5.99. The van der Waals surface area contributed by atoms with Crippen molar-refractivity contribution in [2.24, 2.45) is 11.1 Å². The van der Waals surface area contributed by atoms with Gasteiger partial charge in [-0.3, -0.25) is 0 Å². The largest absolute Gasteiger partial charge is 0.371 e. The lowest BCUT2D eigenvalue weighted by Crippen LogP contribution is -2.27. The van der Waals surface area contributed by atoms with Gasteiger partial charge in [0.05, 0.1) is 3.79 Å². The molecule has 98 valence electrons. The molecule has 1 aromatic heterocycles. The number of hydrogen-bond donors (Lipinski definition) is 1. The number of hydrogen-bond acceptors (Lipinski definition) is 3. The topological polar surface area (TPSA) is 35.2 Å². The molecule has 0 spiro atoms. The van der Waals surface area contributed by atoms with E-state index in [4.69, 9.17) is 10.5 Å². The molecule has 4 heteroatoms. The third-order valence-electron chi connectivity index (χ3n) is 2.50. The number of halogens is 1. The second-order valence-electron chi connectivity index (χ2n) is 5.60. The monoisotopic (exact) mass is 319 g/mol. The Bertz CT molecular complexity index is 343. The Hall–Kier alpha value is 0.1000. The number of rotatable bonds is 5. The van der Waals surface area contributed by atoms with Crippen LogP contribution in [-0.2, 0) is 4.74 Å². The average molecular weight is 320 g/mol. The summed E-state index contributed by atoms with van der Waals surface area (Å²) in [6, 6.07) is 4.14. The van der Waals surface area contributed by atoms with Crippen LogP contribution in [0.25, 0.3) is 0 Å². The number of nitrogens with two attached hydrogens (primary N) is 1. The zero-order chi connectivity index (χ0) is 13.1. The van der Waals surface area contributed by atoms with Gasteiger partial charge >= 0.3 is 0 Å². The highest BCUT2D eigenvalue weighted by molar-refractivity contribution is 9.11. The zero-order valence-electron chi connectivity index (χ0n) is 11.0. The van der Waals surface area contributed by atoms with E-state index < -0.39 is 0 Å². The van der Waals surface area contributed by atoms with Crippen LogP contribution in [0.5, 0.6) is 0 Å². The summed E-state index contributed by atoms with van der Waals surface area (Å²) in [6.07, 6.45) is 1.05. The second-order valence-corrected chi connectivity index (χ2v) is 8.10. The van der Waals surface area contributed by atoms with Gasteiger partial charge in [-0.05, 0) is 46.8 Å². The SMILES string of the molecule is CC(N)C(OCCC(C)(C)C)c1ccc(Br)s1. The summed E-state index contributed by atoms with van der Waals surface area (Å²) in [5.41, 5.74) is 6.30. The van der Waals surface area contributed by atoms with Crippen LogP contribution in [0.1, 0.15) is 45.1 Å². The first-order chi connectivity index (χ1) is 7.79. The van der Waals surface area contributed by atoms with E-state index in [-0.39, 0.29) is 12.1 Å². The van der Waals surface area contributed by atoms with Crippen LogP contribution in [0.2, 0.25) is 0 Å². The molecule has 0 aromatic carbocycles. The summed E-state index contributed by atoms with van der Waals surface area (Å²) >= 11 is 5.17. The quantitative estimate of drug-likeness (QED) is 0.875. The van der Waals surface area contributed by atoms with Crippen molar-refractivity contribution in [3.8, 4) is 0 Å². The van der Waals surface area contributed by atoms with Crippen molar-refractivity contribution in [2.75, 3.05) is 6.61 Å². The molecule has 1 aromatic rings. The fourth-order valence-corrected chi connectivity index (χ4v) is 3.06. The van der Waals surface area contributed by atoms with Crippen molar-refractivity contribution in [1.29, 1.82) is 0 Å². The Balaban J connectivity index is 2.56. The molecule has 17 heavy (non-hydrogen) atoms. The molecule has 0 saturated heterocycles. The van der Waals surface area contributed by atoms with Crippen LogP contribution in [0.4, 0.5) is 0 Å². The van der Waals surface area contributed by atoms with Gasteiger partial charge in [-0.15, -0.1) is 11.3 Å². The van der Waals surface area contributed by atoms with Crippen LogP contribution < -0.4 is 5.73 Å². The fourth-order valence-electron chi connectivity index (χ4n) is 1.47. The van der Waals surface area contributed by atoms with Gasteiger partial charge in [-0.2, -0.15) is 0 Å². The highest BCUT2D eigenvalue weighted by Gasteiger charge is 2.20. The molecule has 1 rings (SSSR count). The van der Waals surface area contributed by atoms with E-state index in [1.54, 1.807) is 11.3 Å². The smallest absolute Gasteiger partial charge is 0.106 e. The minimum absolute atomic E-state index is 0.00801. The van der Waals surface area contributed by atoms with E-state index in [0.717, 1.165) is 16.8 Å². The lowest BCUT2D eigenvalue weighted by molar-refractivity contribution is 0.0263. The minimum atomic E-state index is 0.00801. The van der Waals surface area contributed by atoms with Crippen molar-refractivity contribution in [3.63, 3.8) is 0 Å². The summed E-state index contributed by atoms with van der Waals surface area (Å²) in [4.78, 5) is 1.20. The van der Waals surface area contributed by atoms with Gasteiger partial charge in [-0.25, -0.2) is 0 Å². The predicted octanol–water partition coefficient (Wildman–Crippen LogP) is 4.35. The van der Waals surface area contributed by atoms with Gasteiger partial charge in [0, 0.05) is 17.5 Å². The molecule has 0 aliphatic rings. The predicted molar refractivity (Wildman–Crippen MR) is 78.4 cm³/mol. The summed E-state index contributed by atoms with van der Waals surface area (Å²) in [5.74, 6) is 0. The molecular formula is C13H22BrNOS. The maximum Gasteiger partial charge on any atom is 0.106 e. The Kier molecular flexibility index (Phi) is 5.64. The minimum Gasteiger partial charge on any atom is -0.371 e. The van der Waals surface area contributed by atoms with E-state index in [1.165, 1.54) is 4.88 Å². The Morgan fingerprint density at radius 1 is 1.41 bits per heavy atom. The van der Waals surface area contributed by atoms with Crippen LogP contribution >= 0.6 is 27.3 Å². The van der Waals surface area contributed by atoms with E-state index in [9.17, 15) is 0 Å². The molecule has 2 nitrogen and oxygen atoms in total. The molecule has 0 saturated carbocycles. The van der Waals surface area contributed by atoms with Crippen molar-refractivity contribution < 1.29 is 4.74 Å². The Labute approximate surface area is 117 Å². The third-order valence-corrected chi connectivity index (χ3v) is 4.19. The van der Waals surface area contributed by atoms with E-state index in [0.29, 0.717) is 5.41 Å². The van der Waals surface area contributed by atoms with Gasteiger partial charge in [0.1, 0.15) is 6.10 Å². The van der Waals surface area contributed by atoms with E-state index in [1.807, 2.05) is 13.0 Å². The summed E-state index contributed by atoms with van der Waals surface area (Å²) in [7, 11) is 0. The molecule has 0 radical (unpaired) electrons. The number of ether oxygens (including phenoxy) is 1. The van der Waals surface area contributed by atoms with Crippen LogP contribution in [-0.4, -0.2) is 12.6 Å². The molecule has 0 aliphatic heterocycles. The molecule has 2 atom stereocenters. The molecule has 0 amide bonds. The van der Waals surface area contributed by atoms with Crippen molar-refractivity contribution in [1.82, 2.24) is 0 Å². The highest BCUT2D eigenvalue weighted by Crippen LogP contribution is 2.31. The lowest BCUT2D eigenvalue weighted by atomic mass is 9.93. The van der Waals surface area contributed by atoms with Crippen molar-refractivity contribution in [3.05, 3.63) is 20.8 Å². The third kappa shape index (κ3) is 5.51. The van der Waals surface area contributed by atoms with Crippen LogP contribution in [0.3, 0.4) is 0 Å². The van der Waals surface area contributed by atoms with Gasteiger partial charge in [0.2, 0.25) is 0 Å². The number of thiophene rings is 1. The first-order valence-electron chi connectivity index (χ1n) is 5.92. The second kappa shape index (κ2) is 6.32. The molecule has 1 heterocycles. The summed E-state index contributed by atoms with van der Waals surface area (Å²) in [5, 5.41) is 0. The molecule has 0 bridgehead atoms. The molecule has 0 aliphatic carbocycles.